The van der Waals surface area contributed by atoms with E-state index in [9.17, 15) is 4.79 Å². The highest BCUT2D eigenvalue weighted by molar-refractivity contribution is 5.70. The first-order valence-electron chi connectivity index (χ1n) is 9.24. The maximum Gasteiger partial charge on any atom is 0.306 e. The van der Waals surface area contributed by atoms with Crippen LogP contribution < -0.4 is 0 Å². The van der Waals surface area contributed by atoms with Gasteiger partial charge in [0.2, 0.25) is 0 Å². The summed E-state index contributed by atoms with van der Waals surface area (Å²) < 4.78 is 10.9. The van der Waals surface area contributed by atoms with Crippen molar-refractivity contribution in [3.63, 3.8) is 0 Å². The van der Waals surface area contributed by atoms with Crippen molar-refractivity contribution in [2.45, 2.75) is 97.5 Å². The molecule has 1 rings (SSSR count). The monoisotopic (exact) mass is 312 g/mol. The van der Waals surface area contributed by atoms with Gasteiger partial charge in [-0.15, -0.1) is 0 Å². The maximum atomic E-state index is 11.1. The lowest BCUT2D eigenvalue weighted by molar-refractivity contribution is -0.157. The number of carbonyl (C=O) groups is 1. The fourth-order valence-corrected chi connectivity index (χ4v) is 2.85. The molecule has 22 heavy (non-hydrogen) atoms. The highest BCUT2D eigenvalue weighted by Gasteiger charge is 2.19. The van der Waals surface area contributed by atoms with Gasteiger partial charge in [0, 0.05) is 13.0 Å². The van der Waals surface area contributed by atoms with E-state index < -0.39 is 0 Å². The van der Waals surface area contributed by atoms with E-state index in [0.29, 0.717) is 18.4 Å². The molecule has 1 atom stereocenters. The van der Waals surface area contributed by atoms with E-state index >= 15 is 0 Å². The molecule has 1 aliphatic rings. The molecule has 0 radical (unpaired) electrons. The van der Waals surface area contributed by atoms with Crippen molar-refractivity contribution in [1.29, 1.82) is 0 Å². The molecular weight excluding hydrogens is 276 g/mol. The Morgan fingerprint density at radius 1 is 1.05 bits per heavy atom. The molecule has 1 heterocycles. The summed E-state index contributed by atoms with van der Waals surface area (Å²) >= 11 is 0. The molecule has 3 nitrogen and oxygen atoms in total. The third-order valence-electron chi connectivity index (χ3n) is 4.22. The number of rotatable bonds is 11. The summed E-state index contributed by atoms with van der Waals surface area (Å²) in [6.45, 7) is 8.35. The zero-order chi connectivity index (χ0) is 16.3. The van der Waals surface area contributed by atoms with Gasteiger partial charge in [-0.25, -0.2) is 0 Å². The van der Waals surface area contributed by atoms with Gasteiger partial charge in [0.15, 0.2) is 0 Å². The Kier molecular flexibility index (Phi) is 9.77. The van der Waals surface area contributed by atoms with Crippen LogP contribution in [-0.2, 0) is 14.3 Å². The van der Waals surface area contributed by atoms with Crippen LogP contribution in [0.3, 0.4) is 0 Å². The molecule has 0 saturated carbocycles. The minimum atomic E-state index is -0.0636. The van der Waals surface area contributed by atoms with Gasteiger partial charge in [-0.05, 0) is 31.1 Å². The van der Waals surface area contributed by atoms with Crippen molar-refractivity contribution >= 4 is 5.97 Å². The molecule has 1 fully saturated rings. The fourth-order valence-electron chi connectivity index (χ4n) is 2.85. The third kappa shape index (κ3) is 11.1. The van der Waals surface area contributed by atoms with Crippen molar-refractivity contribution in [2.75, 3.05) is 13.2 Å². The number of ether oxygens (including phenoxy) is 2. The Morgan fingerprint density at radius 3 is 2.32 bits per heavy atom. The molecule has 1 saturated heterocycles. The van der Waals surface area contributed by atoms with Crippen LogP contribution in [0.4, 0.5) is 0 Å². The lowest BCUT2D eigenvalue weighted by Crippen LogP contribution is -2.27. The number of esters is 1. The predicted octanol–water partition coefficient (Wildman–Crippen LogP) is 5.27. The predicted molar refractivity (Wildman–Crippen MR) is 90.9 cm³/mol. The van der Waals surface area contributed by atoms with Gasteiger partial charge in [0.25, 0.3) is 0 Å². The quantitative estimate of drug-likeness (QED) is 0.385. The summed E-state index contributed by atoms with van der Waals surface area (Å²) in [5, 5.41) is 0. The van der Waals surface area contributed by atoms with Crippen LogP contribution in [0.1, 0.15) is 91.4 Å². The summed E-state index contributed by atoms with van der Waals surface area (Å²) in [6, 6.07) is 0. The van der Waals surface area contributed by atoms with Crippen LogP contribution in [0.25, 0.3) is 0 Å². The van der Waals surface area contributed by atoms with E-state index in [2.05, 4.69) is 20.8 Å². The van der Waals surface area contributed by atoms with Crippen molar-refractivity contribution in [1.82, 2.24) is 0 Å². The molecule has 3 heteroatoms. The Bertz CT molecular complexity index is 294. The molecule has 0 spiro atoms. The van der Waals surface area contributed by atoms with Crippen LogP contribution in [0.2, 0.25) is 0 Å². The van der Waals surface area contributed by atoms with Crippen molar-refractivity contribution in [3.8, 4) is 0 Å². The molecule has 1 unspecified atom stereocenters. The molecule has 0 amide bonds. The van der Waals surface area contributed by atoms with E-state index in [1.165, 1.54) is 44.9 Å². The fraction of sp³-hybridized carbons (Fsp3) is 0.947. The highest BCUT2D eigenvalue weighted by Crippen LogP contribution is 2.22. The molecule has 0 bridgehead atoms. The van der Waals surface area contributed by atoms with Crippen LogP contribution in [0.15, 0.2) is 0 Å². The summed E-state index contributed by atoms with van der Waals surface area (Å²) in [6.07, 6.45) is 13.0. The second-order valence-corrected chi connectivity index (χ2v) is 7.86. The largest absolute Gasteiger partial charge is 0.460 e. The zero-order valence-electron chi connectivity index (χ0n) is 15.0. The van der Waals surface area contributed by atoms with E-state index in [0.717, 1.165) is 25.9 Å². The lowest BCUT2D eigenvalue weighted by Gasteiger charge is -2.21. The Labute approximate surface area is 137 Å². The Balaban J connectivity index is 1.79. The van der Waals surface area contributed by atoms with Crippen LogP contribution in [-0.4, -0.2) is 25.3 Å². The van der Waals surface area contributed by atoms with Gasteiger partial charge in [-0.3, -0.25) is 4.79 Å². The summed E-state index contributed by atoms with van der Waals surface area (Å²) in [5.41, 5.74) is 0.490. The standard InChI is InChI=1S/C19H36O3/c1-19(2,3)14-9-7-5-4-6-8-10-15-21-16-17-12-11-13-18(20)22-17/h17H,4-16H2,1-3H3. The second-order valence-electron chi connectivity index (χ2n) is 7.86. The molecule has 1 aliphatic heterocycles. The number of unbranched alkanes of at least 4 members (excludes halogenated alkanes) is 6. The van der Waals surface area contributed by atoms with E-state index in [4.69, 9.17) is 9.47 Å². The molecular formula is C19H36O3. The lowest BCUT2D eigenvalue weighted by atomic mass is 9.89. The van der Waals surface area contributed by atoms with Gasteiger partial charge in [-0.2, -0.15) is 0 Å². The second kappa shape index (κ2) is 11.0. The van der Waals surface area contributed by atoms with E-state index in [1.54, 1.807) is 0 Å². The number of cyclic esters (lactones) is 1. The summed E-state index contributed by atoms with van der Waals surface area (Å²) in [4.78, 5) is 11.1. The zero-order valence-corrected chi connectivity index (χ0v) is 15.0. The molecule has 130 valence electrons. The van der Waals surface area contributed by atoms with Gasteiger partial charge < -0.3 is 9.47 Å². The minimum Gasteiger partial charge on any atom is -0.460 e. The third-order valence-corrected chi connectivity index (χ3v) is 4.22. The number of carbonyl (C=O) groups excluding carboxylic acids is 1. The number of hydrogen-bond donors (Lipinski definition) is 0. The molecule has 0 aromatic rings. The first-order chi connectivity index (χ1) is 10.5. The highest BCUT2D eigenvalue weighted by atomic mass is 16.6. The summed E-state index contributed by atoms with van der Waals surface area (Å²) in [5.74, 6) is -0.0636. The van der Waals surface area contributed by atoms with Crippen LogP contribution in [0, 0.1) is 5.41 Å². The van der Waals surface area contributed by atoms with Gasteiger partial charge in [0.1, 0.15) is 6.10 Å². The summed E-state index contributed by atoms with van der Waals surface area (Å²) in [7, 11) is 0. The number of hydrogen-bond acceptors (Lipinski definition) is 3. The maximum absolute atomic E-state index is 11.1. The van der Waals surface area contributed by atoms with Gasteiger partial charge >= 0.3 is 5.97 Å². The molecule has 0 N–H and O–H groups in total. The molecule has 0 aliphatic carbocycles. The SMILES string of the molecule is CC(C)(C)CCCCCCCCCOCC1CCCC(=O)O1. The van der Waals surface area contributed by atoms with Crippen molar-refractivity contribution < 1.29 is 14.3 Å². The minimum absolute atomic E-state index is 0.00377. The average Bonchev–Trinajstić information content (AvgIpc) is 2.43. The van der Waals surface area contributed by atoms with Gasteiger partial charge in [-0.1, -0.05) is 59.3 Å². The average molecular weight is 312 g/mol. The first-order valence-corrected chi connectivity index (χ1v) is 9.24. The van der Waals surface area contributed by atoms with Crippen LogP contribution in [0.5, 0.6) is 0 Å². The van der Waals surface area contributed by atoms with Crippen molar-refractivity contribution in [3.05, 3.63) is 0 Å². The first kappa shape index (κ1) is 19.5. The van der Waals surface area contributed by atoms with E-state index in [1.807, 2.05) is 0 Å². The normalized spacial score (nSPS) is 19.2. The Hall–Kier alpha value is -0.570. The van der Waals surface area contributed by atoms with E-state index in [-0.39, 0.29) is 12.1 Å². The van der Waals surface area contributed by atoms with Crippen molar-refractivity contribution in [2.24, 2.45) is 5.41 Å². The molecule has 0 aromatic carbocycles. The smallest absolute Gasteiger partial charge is 0.306 e. The van der Waals surface area contributed by atoms with Gasteiger partial charge in [0.05, 0.1) is 6.61 Å². The van der Waals surface area contributed by atoms with Crippen LogP contribution >= 0.6 is 0 Å². The Morgan fingerprint density at radius 2 is 1.68 bits per heavy atom. The molecule has 0 aromatic heterocycles. The topological polar surface area (TPSA) is 35.5 Å².